The first-order chi connectivity index (χ1) is 6.54. The molecule has 16 heavy (non-hydrogen) atoms. The van der Waals surface area contributed by atoms with Crippen LogP contribution >= 0.6 is 0 Å². The van der Waals surface area contributed by atoms with E-state index in [1.807, 2.05) is 0 Å². The second kappa shape index (κ2) is 20.5. The summed E-state index contributed by atoms with van der Waals surface area (Å²) in [4.78, 5) is 19.1. The van der Waals surface area contributed by atoms with Crippen LogP contribution in [-0.4, -0.2) is 78.6 Å². The molecule has 92 valence electrons. The first kappa shape index (κ1) is 25.1. The number of aliphatic hydroxyl groups excluding tert-OH is 2. The molecule has 7 nitrogen and oxygen atoms in total. The van der Waals surface area contributed by atoms with Gasteiger partial charge in [0, 0.05) is 25.2 Å². The summed E-state index contributed by atoms with van der Waals surface area (Å²) in [5, 5.41) is 35.1. The van der Waals surface area contributed by atoms with Gasteiger partial charge in [-0.3, -0.25) is 0 Å². The maximum atomic E-state index is 9.54. The first-order valence-corrected chi connectivity index (χ1v) is 4.16. The fourth-order valence-corrected chi connectivity index (χ4v) is 0.447. The van der Waals surface area contributed by atoms with E-state index in [9.17, 15) is 19.8 Å². The number of aliphatic carboxylic acids is 2. The van der Waals surface area contributed by atoms with Crippen molar-refractivity contribution in [2.45, 2.75) is 25.7 Å². The molecule has 0 bridgehead atoms. The first-order valence-electron chi connectivity index (χ1n) is 4.16. The van der Waals surface area contributed by atoms with Gasteiger partial charge in [-0.1, -0.05) is 0 Å². The predicted octanol–water partition coefficient (Wildman–Crippen LogP) is -4.19. The van der Waals surface area contributed by atoms with E-state index in [4.69, 9.17) is 10.2 Å². The van der Waals surface area contributed by atoms with Gasteiger partial charge in [0.15, 0.2) is 0 Å². The zero-order valence-electron chi connectivity index (χ0n) is 8.98. The monoisotopic (exact) mass is 264 g/mol. The maximum Gasteiger partial charge on any atom is 2.00 e. The number of rotatable bonds is 6. The van der Waals surface area contributed by atoms with Gasteiger partial charge in [-0.2, -0.15) is 0 Å². The van der Waals surface area contributed by atoms with Crippen LogP contribution in [0.2, 0.25) is 0 Å². The standard InChI is InChI=1S/2C4H8O3.Ca.H2O/c2*5-3-1-2-4(6)7;;/h2*5H,1-3H2,(H,6,7);;1H2/q;;+2;/p-2. The minimum absolute atomic E-state index is 0. The summed E-state index contributed by atoms with van der Waals surface area (Å²) in [6.07, 6.45) is 0.498. The summed E-state index contributed by atoms with van der Waals surface area (Å²) in [6, 6.07) is 0. The van der Waals surface area contributed by atoms with Gasteiger partial charge in [-0.25, -0.2) is 0 Å². The molecule has 0 saturated carbocycles. The molecule has 0 heterocycles. The van der Waals surface area contributed by atoms with E-state index in [1.165, 1.54) is 0 Å². The van der Waals surface area contributed by atoms with E-state index in [1.54, 1.807) is 0 Å². The molecule has 0 aliphatic heterocycles. The van der Waals surface area contributed by atoms with Gasteiger partial charge in [0.05, 0.1) is 0 Å². The molecule has 0 unspecified atom stereocenters. The Morgan fingerprint density at radius 3 is 1.19 bits per heavy atom. The molecule has 0 rings (SSSR count). The van der Waals surface area contributed by atoms with Gasteiger partial charge in [-0.05, 0) is 25.7 Å². The van der Waals surface area contributed by atoms with Gasteiger partial charge in [0.1, 0.15) is 0 Å². The molecule has 0 aromatic carbocycles. The number of carboxylic acid groups (broad SMARTS) is 2. The van der Waals surface area contributed by atoms with Crippen molar-refractivity contribution in [1.29, 1.82) is 0 Å². The van der Waals surface area contributed by atoms with E-state index in [2.05, 4.69) is 0 Å². The molecule has 0 saturated heterocycles. The molecule has 0 spiro atoms. The zero-order chi connectivity index (χ0) is 11.4. The van der Waals surface area contributed by atoms with Crippen LogP contribution in [0.25, 0.3) is 0 Å². The molecule has 4 N–H and O–H groups in total. The summed E-state index contributed by atoms with van der Waals surface area (Å²) in [5.74, 6) is -2.21. The molecule has 0 aliphatic carbocycles. The number of hydrogen-bond donors (Lipinski definition) is 2. The maximum absolute atomic E-state index is 9.54. The summed E-state index contributed by atoms with van der Waals surface area (Å²) < 4.78 is 0. The SMILES string of the molecule is O.O=C([O-])CCCO.O=C([O-])CCCO.[Ca+2]. The summed E-state index contributed by atoms with van der Waals surface area (Å²) in [6.45, 7) is -0.151. The number of carboxylic acids is 2. The minimum Gasteiger partial charge on any atom is -0.550 e. The van der Waals surface area contributed by atoms with E-state index in [0.717, 1.165) is 0 Å². The van der Waals surface area contributed by atoms with E-state index >= 15 is 0 Å². The van der Waals surface area contributed by atoms with Crippen molar-refractivity contribution < 1.29 is 35.5 Å². The molecule has 0 amide bonds. The quantitative estimate of drug-likeness (QED) is 0.464. The average Bonchev–Trinajstić information content (AvgIpc) is 2.12. The van der Waals surface area contributed by atoms with Gasteiger partial charge in [0.2, 0.25) is 0 Å². The van der Waals surface area contributed by atoms with Crippen molar-refractivity contribution >= 4 is 49.7 Å². The van der Waals surface area contributed by atoms with Crippen molar-refractivity contribution in [3.63, 3.8) is 0 Å². The Hall–Kier alpha value is 0.0797. The van der Waals surface area contributed by atoms with Crippen LogP contribution in [0.15, 0.2) is 0 Å². The van der Waals surface area contributed by atoms with Crippen molar-refractivity contribution in [2.75, 3.05) is 13.2 Å². The van der Waals surface area contributed by atoms with Crippen molar-refractivity contribution in [3.05, 3.63) is 0 Å². The normalized spacial score (nSPS) is 7.62. The fraction of sp³-hybridized carbons (Fsp3) is 0.750. The summed E-state index contributed by atoms with van der Waals surface area (Å²) >= 11 is 0. The van der Waals surface area contributed by atoms with Gasteiger partial charge < -0.3 is 35.5 Å². The number of carbonyl (C=O) groups excluding carboxylic acids is 2. The van der Waals surface area contributed by atoms with Crippen LogP contribution < -0.4 is 10.2 Å². The van der Waals surface area contributed by atoms with Crippen molar-refractivity contribution in [2.24, 2.45) is 0 Å². The van der Waals surface area contributed by atoms with Gasteiger partial charge >= 0.3 is 37.7 Å². The molecular weight excluding hydrogens is 248 g/mol. The topological polar surface area (TPSA) is 152 Å². The van der Waals surface area contributed by atoms with Crippen LogP contribution in [-0.2, 0) is 9.59 Å². The van der Waals surface area contributed by atoms with Crippen LogP contribution in [0.3, 0.4) is 0 Å². The third kappa shape index (κ3) is 36.9. The Morgan fingerprint density at radius 1 is 0.875 bits per heavy atom. The summed E-state index contributed by atoms with van der Waals surface area (Å²) in [7, 11) is 0. The molecule has 0 atom stereocenters. The smallest absolute Gasteiger partial charge is 0.550 e. The van der Waals surface area contributed by atoms with Crippen molar-refractivity contribution in [3.8, 4) is 0 Å². The third-order valence-electron chi connectivity index (χ3n) is 1.08. The third-order valence-corrected chi connectivity index (χ3v) is 1.08. The molecule has 0 fully saturated rings. The molecule has 8 heteroatoms. The van der Waals surface area contributed by atoms with Crippen LogP contribution in [0.5, 0.6) is 0 Å². The number of aliphatic hydroxyl groups is 2. The Labute approximate surface area is 123 Å². The second-order valence-electron chi connectivity index (χ2n) is 2.40. The molecule has 0 aromatic rings. The predicted molar refractivity (Wildman–Crippen MR) is 52.0 cm³/mol. The Kier molecular flexibility index (Phi) is 32.1. The molecule has 0 radical (unpaired) electrons. The average molecular weight is 264 g/mol. The fourth-order valence-electron chi connectivity index (χ4n) is 0.447. The van der Waals surface area contributed by atoms with Crippen LogP contribution in [0.1, 0.15) is 25.7 Å². The summed E-state index contributed by atoms with van der Waals surface area (Å²) in [5.41, 5.74) is 0. The van der Waals surface area contributed by atoms with Gasteiger partial charge in [0.25, 0.3) is 0 Å². The van der Waals surface area contributed by atoms with Crippen LogP contribution in [0, 0.1) is 0 Å². The Morgan fingerprint density at radius 2 is 1.12 bits per heavy atom. The molecular formula is C8H16CaO7. The van der Waals surface area contributed by atoms with E-state index in [0.29, 0.717) is 12.8 Å². The zero-order valence-corrected chi connectivity index (χ0v) is 11.2. The minimum atomic E-state index is -1.10. The number of carbonyl (C=O) groups is 2. The van der Waals surface area contributed by atoms with Crippen molar-refractivity contribution in [1.82, 2.24) is 0 Å². The van der Waals surface area contributed by atoms with Gasteiger partial charge in [-0.15, -0.1) is 0 Å². The molecule has 0 aliphatic rings. The van der Waals surface area contributed by atoms with E-state index in [-0.39, 0.29) is 69.3 Å². The molecule has 0 aromatic heterocycles. The second-order valence-corrected chi connectivity index (χ2v) is 2.40. The van der Waals surface area contributed by atoms with Crippen LogP contribution in [0.4, 0.5) is 0 Å². The largest absolute Gasteiger partial charge is 2.00 e. The Balaban J connectivity index is -0.0000000800. The Bertz CT molecular complexity index is 144. The number of hydrogen-bond acceptors (Lipinski definition) is 6. The van der Waals surface area contributed by atoms with E-state index < -0.39 is 11.9 Å².